The van der Waals surface area contributed by atoms with Crippen molar-refractivity contribution in [3.8, 4) is 0 Å². The number of ether oxygens (including phenoxy) is 1. The second-order valence-electron chi connectivity index (χ2n) is 4.94. The Morgan fingerprint density at radius 1 is 1.57 bits per heavy atom. The van der Waals surface area contributed by atoms with Crippen molar-refractivity contribution in [1.29, 1.82) is 0 Å². The van der Waals surface area contributed by atoms with Gasteiger partial charge in [0.25, 0.3) is 5.91 Å². The Balaban J connectivity index is 2.23. The van der Waals surface area contributed by atoms with Gasteiger partial charge in [-0.25, -0.2) is 0 Å². The van der Waals surface area contributed by atoms with Crippen LogP contribution in [0.3, 0.4) is 0 Å². The smallest absolute Gasteiger partial charge is 0.322 e. The van der Waals surface area contributed by atoms with Crippen molar-refractivity contribution in [1.82, 2.24) is 15.5 Å². The minimum atomic E-state index is -0.669. The topological polar surface area (TPSA) is 123 Å². The summed E-state index contributed by atoms with van der Waals surface area (Å²) in [6.45, 7) is 3.59. The molecule has 23 heavy (non-hydrogen) atoms. The molecule has 2 aromatic rings. The Labute approximate surface area is 132 Å². The zero-order valence-corrected chi connectivity index (χ0v) is 13.1. The van der Waals surface area contributed by atoms with Gasteiger partial charge >= 0.3 is 5.69 Å². The van der Waals surface area contributed by atoms with Crippen molar-refractivity contribution in [2.24, 2.45) is 0 Å². The van der Waals surface area contributed by atoms with Crippen LogP contribution >= 0.6 is 0 Å². The highest BCUT2D eigenvalue weighted by Crippen LogP contribution is 2.22. The average Bonchev–Trinajstić information content (AvgIpc) is 3.12. The fourth-order valence-corrected chi connectivity index (χ4v) is 2.16. The number of aromatic nitrogens is 2. The van der Waals surface area contributed by atoms with Gasteiger partial charge in [-0.05, 0) is 19.1 Å². The molecule has 2 aromatic heterocycles. The van der Waals surface area contributed by atoms with Crippen molar-refractivity contribution >= 4 is 11.6 Å². The molecule has 2 rings (SSSR count). The first-order valence-corrected chi connectivity index (χ1v) is 7.05. The summed E-state index contributed by atoms with van der Waals surface area (Å²) in [5.41, 5.74) is -0.391. The highest BCUT2D eigenvalue weighted by atomic mass is 16.6. The standard InChI is InChI=1S/C14H18N4O5/c1-4-9-5-6-11(23-9)10(7-22-3)15-14(19)12-13(18(20)21)8(2)16-17-12/h5-6,10H,4,7H2,1-3H3,(H,15,19)(H,16,17). The molecule has 9 heteroatoms. The number of furan rings is 1. The molecule has 0 aliphatic rings. The van der Waals surface area contributed by atoms with E-state index in [2.05, 4.69) is 15.5 Å². The Hall–Kier alpha value is -2.68. The Morgan fingerprint density at radius 3 is 2.87 bits per heavy atom. The third-order valence-electron chi connectivity index (χ3n) is 3.33. The van der Waals surface area contributed by atoms with Gasteiger partial charge in [0.1, 0.15) is 23.3 Å². The SMILES string of the molecule is CCc1ccc(C(COC)NC(=O)c2n[nH]c(C)c2[N+](=O)[O-])o1. The number of amides is 1. The third-order valence-corrected chi connectivity index (χ3v) is 3.33. The number of hydrogen-bond donors (Lipinski definition) is 2. The van der Waals surface area contributed by atoms with Gasteiger partial charge in [-0.15, -0.1) is 0 Å². The van der Waals surface area contributed by atoms with Crippen LogP contribution in [0.5, 0.6) is 0 Å². The Bertz CT molecular complexity index is 706. The summed E-state index contributed by atoms with van der Waals surface area (Å²) in [6.07, 6.45) is 0.720. The van der Waals surface area contributed by atoms with E-state index in [4.69, 9.17) is 9.15 Å². The fraction of sp³-hybridized carbons (Fsp3) is 0.429. The van der Waals surface area contributed by atoms with Gasteiger partial charge in [0.05, 0.1) is 11.5 Å². The molecule has 0 fully saturated rings. The first kappa shape index (κ1) is 16.7. The summed E-state index contributed by atoms with van der Waals surface area (Å²) in [5, 5.41) is 19.9. The van der Waals surface area contributed by atoms with Crippen LogP contribution in [0, 0.1) is 17.0 Å². The van der Waals surface area contributed by atoms with Crippen molar-refractivity contribution in [3.05, 3.63) is 45.2 Å². The van der Waals surface area contributed by atoms with Crippen LogP contribution in [-0.4, -0.2) is 34.7 Å². The van der Waals surface area contributed by atoms with Gasteiger partial charge in [0.2, 0.25) is 5.69 Å². The molecule has 2 heterocycles. The molecular formula is C14H18N4O5. The zero-order valence-electron chi connectivity index (χ0n) is 13.1. The Morgan fingerprint density at radius 2 is 2.30 bits per heavy atom. The van der Waals surface area contributed by atoms with E-state index in [-0.39, 0.29) is 23.7 Å². The molecular weight excluding hydrogens is 304 g/mol. The molecule has 0 bridgehead atoms. The van der Waals surface area contributed by atoms with Crippen molar-refractivity contribution in [2.45, 2.75) is 26.3 Å². The maximum absolute atomic E-state index is 12.3. The second-order valence-corrected chi connectivity index (χ2v) is 4.94. The number of methoxy groups -OCH3 is 1. The van der Waals surface area contributed by atoms with Crippen LogP contribution < -0.4 is 5.32 Å². The van der Waals surface area contributed by atoms with E-state index in [9.17, 15) is 14.9 Å². The van der Waals surface area contributed by atoms with Crippen molar-refractivity contribution in [3.63, 3.8) is 0 Å². The summed E-state index contributed by atoms with van der Waals surface area (Å²) < 4.78 is 10.7. The molecule has 1 atom stereocenters. The average molecular weight is 322 g/mol. The van der Waals surface area contributed by atoms with Crippen LogP contribution in [-0.2, 0) is 11.2 Å². The first-order chi connectivity index (χ1) is 11.0. The van der Waals surface area contributed by atoms with Gasteiger partial charge in [-0.3, -0.25) is 20.0 Å². The fourth-order valence-electron chi connectivity index (χ4n) is 2.16. The van der Waals surface area contributed by atoms with Crippen LogP contribution in [0.4, 0.5) is 5.69 Å². The van der Waals surface area contributed by atoms with E-state index < -0.39 is 16.9 Å². The lowest BCUT2D eigenvalue weighted by atomic mass is 10.2. The summed E-state index contributed by atoms with van der Waals surface area (Å²) in [6, 6.07) is 2.99. The molecule has 0 saturated carbocycles. The summed E-state index contributed by atoms with van der Waals surface area (Å²) in [5.74, 6) is 0.626. The highest BCUT2D eigenvalue weighted by Gasteiger charge is 2.29. The minimum Gasteiger partial charge on any atom is -0.464 e. The zero-order chi connectivity index (χ0) is 17.0. The van der Waals surface area contributed by atoms with E-state index in [1.54, 1.807) is 6.07 Å². The van der Waals surface area contributed by atoms with Gasteiger partial charge in [-0.1, -0.05) is 6.92 Å². The number of nitrogens with one attached hydrogen (secondary N) is 2. The van der Waals surface area contributed by atoms with E-state index >= 15 is 0 Å². The molecule has 9 nitrogen and oxygen atoms in total. The molecule has 124 valence electrons. The van der Waals surface area contributed by atoms with Crippen molar-refractivity contribution in [2.75, 3.05) is 13.7 Å². The molecule has 0 spiro atoms. The molecule has 1 unspecified atom stereocenters. The van der Waals surface area contributed by atoms with Crippen LogP contribution in [0.1, 0.15) is 40.7 Å². The molecule has 0 saturated heterocycles. The molecule has 2 N–H and O–H groups in total. The number of rotatable bonds is 7. The number of H-pyrrole nitrogens is 1. The van der Waals surface area contributed by atoms with Crippen LogP contribution in [0.25, 0.3) is 0 Å². The number of nitrogens with zero attached hydrogens (tertiary/aromatic N) is 2. The normalized spacial score (nSPS) is 12.1. The summed E-state index contributed by atoms with van der Waals surface area (Å²) >= 11 is 0. The van der Waals surface area contributed by atoms with Crippen LogP contribution in [0.15, 0.2) is 16.5 Å². The largest absolute Gasteiger partial charge is 0.464 e. The monoisotopic (exact) mass is 322 g/mol. The van der Waals surface area contributed by atoms with Gasteiger partial charge < -0.3 is 14.5 Å². The van der Waals surface area contributed by atoms with Gasteiger partial charge in [-0.2, -0.15) is 5.10 Å². The maximum atomic E-state index is 12.3. The van der Waals surface area contributed by atoms with Gasteiger partial charge in [0.15, 0.2) is 0 Å². The predicted octanol–water partition coefficient (Wildman–Crippen LogP) is 1.90. The quantitative estimate of drug-likeness (QED) is 0.592. The minimum absolute atomic E-state index is 0.166. The number of aromatic amines is 1. The van der Waals surface area contributed by atoms with Gasteiger partial charge in [0, 0.05) is 13.5 Å². The lowest BCUT2D eigenvalue weighted by Gasteiger charge is -2.14. The number of carbonyl (C=O) groups excluding carboxylic acids is 1. The lowest BCUT2D eigenvalue weighted by Crippen LogP contribution is -2.31. The molecule has 1 amide bonds. The first-order valence-electron chi connectivity index (χ1n) is 7.05. The molecule has 0 radical (unpaired) electrons. The molecule has 0 aliphatic heterocycles. The van der Waals surface area contributed by atoms with Crippen molar-refractivity contribution < 1.29 is 18.9 Å². The van der Waals surface area contributed by atoms with E-state index in [0.717, 1.165) is 12.2 Å². The van der Waals surface area contributed by atoms with E-state index in [1.807, 2.05) is 13.0 Å². The predicted molar refractivity (Wildman–Crippen MR) is 80.1 cm³/mol. The molecule has 0 aromatic carbocycles. The maximum Gasteiger partial charge on any atom is 0.322 e. The van der Waals surface area contributed by atoms with Crippen LogP contribution in [0.2, 0.25) is 0 Å². The number of nitro groups is 1. The number of hydrogen-bond acceptors (Lipinski definition) is 6. The third kappa shape index (κ3) is 3.57. The highest BCUT2D eigenvalue weighted by molar-refractivity contribution is 5.96. The second kappa shape index (κ2) is 7.05. The number of aryl methyl sites for hydroxylation is 2. The van der Waals surface area contributed by atoms with E-state index in [0.29, 0.717) is 5.76 Å². The number of carbonyl (C=O) groups is 1. The lowest BCUT2D eigenvalue weighted by molar-refractivity contribution is -0.385. The summed E-state index contributed by atoms with van der Waals surface area (Å²) in [4.78, 5) is 22.7. The molecule has 0 aliphatic carbocycles. The Kier molecular flexibility index (Phi) is 5.12. The van der Waals surface area contributed by atoms with E-state index in [1.165, 1.54) is 14.0 Å². The summed E-state index contributed by atoms with van der Waals surface area (Å²) in [7, 11) is 1.49.